The molecule has 0 aliphatic carbocycles. The Balaban J connectivity index is 1.61. The van der Waals surface area contributed by atoms with Crippen LogP contribution in [0.3, 0.4) is 0 Å². The number of alkyl halides is 3. The molecular weight excluding hydrogens is 477 g/mol. The molecule has 1 fully saturated rings. The molecule has 196 valence electrons. The lowest BCUT2D eigenvalue weighted by Crippen LogP contribution is -2.48. The van der Waals surface area contributed by atoms with Gasteiger partial charge in [-0.15, -0.1) is 0 Å². The number of hydrogen-bond donors (Lipinski definition) is 2. The van der Waals surface area contributed by atoms with Gasteiger partial charge in [0.05, 0.1) is 17.7 Å². The fraction of sp³-hybridized carbons (Fsp3) is 0.462. The van der Waals surface area contributed by atoms with Crippen molar-refractivity contribution in [1.82, 2.24) is 10.2 Å². The van der Waals surface area contributed by atoms with E-state index in [-0.39, 0.29) is 19.1 Å². The van der Waals surface area contributed by atoms with E-state index in [9.17, 15) is 27.9 Å². The van der Waals surface area contributed by atoms with Gasteiger partial charge in [0.25, 0.3) is 0 Å². The van der Waals surface area contributed by atoms with Crippen molar-refractivity contribution in [2.75, 3.05) is 26.8 Å². The highest BCUT2D eigenvalue weighted by molar-refractivity contribution is 5.77. The summed E-state index contributed by atoms with van der Waals surface area (Å²) in [6.07, 6.45) is -3.52. The van der Waals surface area contributed by atoms with E-state index in [4.69, 9.17) is 9.47 Å². The van der Waals surface area contributed by atoms with Crippen LogP contribution in [0, 0.1) is 0 Å². The maximum atomic E-state index is 12.9. The van der Waals surface area contributed by atoms with Gasteiger partial charge in [0.1, 0.15) is 5.75 Å². The molecule has 2 amide bonds. The van der Waals surface area contributed by atoms with Crippen LogP contribution < -0.4 is 10.1 Å². The molecule has 3 rings (SSSR count). The molecular formula is C26H31F3N2O5. The lowest BCUT2D eigenvalue weighted by Gasteiger charge is -2.35. The number of rotatable bonds is 12. The minimum absolute atomic E-state index is 0.241. The predicted molar refractivity (Wildman–Crippen MR) is 127 cm³/mol. The Hall–Kier alpha value is -3.27. The van der Waals surface area contributed by atoms with Gasteiger partial charge < -0.3 is 24.8 Å². The normalized spacial score (nSPS) is 18.7. The van der Waals surface area contributed by atoms with E-state index in [0.717, 1.165) is 24.1 Å². The fourth-order valence-corrected chi connectivity index (χ4v) is 4.18. The van der Waals surface area contributed by atoms with Crippen LogP contribution in [0.4, 0.5) is 18.0 Å². The number of likely N-dealkylation sites (N-methyl/N-ethyl adjacent to an activating group) is 1. The number of carbonyl (C=O) groups is 2. The second-order valence-electron chi connectivity index (χ2n) is 8.96. The molecule has 0 aromatic heterocycles. The molecule has 7 nitrogen and oxygen atoms in total. The zero-order valence-corrected chi connectivity index (χ0v) is 20.3. The number of carbonyl (C=O) groups excluding carboxylic acids is 1. The zero-order chi connectivity index (χ0) is 26.3. The van der Waals surface area contributed by atoms with Crippen molar-refractivity contribution < 1.29 is 37.3 Å². The van der Waals surface area contributed by atoms with Gasteiger partial charge >= 0.3 is 18.2 Å². The first-order chi connectivity index (χ1) is 17.0. The van der Waals surface area contributed by atoms with E-state index >= 15 is 0 Å². The van der Waals surface area contributed by atoms with Gasteiger partial charge in [-0.2, -0.15) is 13.2 Å². The second-order valence-corrected chi connectivity index (χ2v) is 8.96. The molecule has 0 bridgehead atoms. The molecule has 1 aliphatic heterocycles. The lowest BCUT2D eigenvalue weighted by atomic mass is 9.87. The predicted octanol–water partition coefficient (Wildman–Crippen LogP) is 4.53. The molecule has 1 aliphatic rings. The van der Waals surface area contributed by atoms with E-state index in [1.807, 2.05) is 6.92 Å². The molecule has 0 radical (unpaired) electrons. The average molecular weight is 509 g/mol. The monoisotopic (exact) mass is 508 g/mol. The number of nitrogens with one attached hydrogen (secondary N) is 1. The Morgan fingerprint density at radius 1 is 1.11 bits per heavy atom. The van der Waals surface area contributed by atoms with Crippen molar-refractivity contribution in [1.29, 1.82) is 0 Å². The Morgan fingerprint density at radius 3 is 2.28 bits per heavy atom. The third-order valence-corrected chi connectivity index (χ3v) is 6.38. The smallest absolute Gasteiger partial charge is 0.416 e. The fourth-order valence-electron chi connectivity index (χ4n) is 4.18. The molecule has 0 spiro atoms. The van der Waals surface area contributed by atoms with Crippen LogP contribution in [-0.4, -0.2) is 60.5 Å². The van der Waals surface area contributed by atoms with Gasteiger partial charge in [0.2, 0.25) is 0 Å². The standard InChI is InChI=1S/C26H31F3N2O5/c1-3-13-36-22(23(32)33)15-18-6-10-21(11-7-18)35-14-12-25(17-30-24(34)31(25)2)16-19-4-8-20(9-5-19)26(27,28)29/h4-11,22H,3,12-17H2,1-2H3,(H,30,34)(H,32,33). The van der Waals surface area contributed by atoms with Crippen molar-refractivity contribution in [3.05, 3.63) is 65.2 Å². The number of carboxylic acid groups (broad SMARTS) is 1. The first kappa shape index (κ1) is 27.3. The van der Waals surface area contributed by atoms with Gasteiger partial charge in [-0.25, -0.2) is 9.59 Å². The number of benzene rings is 2. The van der Waals surface area contributed by atoms with Crippen LogP contribution in [-0.2, 0) is 28.5 Å². The van der Waals surface area contributed by atoms with Crippen LogP contribution in [0.15, 0.2) is 48.5 Å². The van der Waals surface area contributed by atoms with Crippen LogP contribution in [0.1, 0.15) is 36.5 Å². The molecule has 10 heteroatoms. The molecule has 2 aromatic carbocycles. The number of halogens is 3. The average Bonchev–Trinajstić information content (AvgIpc) is 3.11. The lowest BCUT2D eigenvalue weighted by molar-refractivity contribution is -0.150. The summed E-state index contributed by atoms with van der Waals surface area (Å²) in [6, 6.07) is 11.8. The molecule has 36 heavy (non-hydrogen) atoms. The molecule has 2 aromatic rings. The highest BCUT2D eigenvalue weighted by Gasteiger charge is 2.43. The molecule has 0 saturated carbocycles. The molecule has 1 saturated heterocycles. The molecule has 1 heterocycles. The van der Waals surface area contributed by atoms with Gasteiger partial charge in [-0.3, -0.25) is 0 Å². The molecule has 2 unspecified atom stereocenters. The van der Waals surface area contributed by atoms with Crippen LogP contribution in [0.5, 0.6) is 5.75 Å². The van der Waals surface area contributed by atoms with Crippen molar-refractivity contribution in [2.45, 2.75) is 50.4 Å². The minimum atomic E-state index is -4.40. The summed E-state index contributed by atoms with van der Waals surface area (Å²) in [5.41, 5.74) is 0.124. The maximum Gasteiger partial charge on any atom is 0.416 e. The van der Waals surface area contributed by atoms with E-state index in [1.165, 1.54) is 12.1 Å². The number of urea groups is 1. The number of aliphatic carboxylic acids is 1. The number of amides is 2. The summed E-state index contributed by atoms with van der Waals surface area (Å²) >= 11 is 0. The Bertz CT molecular complexity index is 1030. The Labute approximate surface area is 208 Å². The van der Waals surface area contributed by atoms with Crippen molar-refractivity contribution in [3.63, 3.8) is 0 Å². The summed E-state index contributed by atoms with van der Waals surface area (Å²) < 4.78 is 50.0. The Morgan fingerprint density at radius 2 is 1.75 bits per heavy atom. The summed E-state index contributed by atoms with van der Waals surface area (Å²) in [5.74, 6) is -0.421. The van der Waals surface area contributed by atoms with E-state index in [0.29, 0.717) is 37.3 Å². The zero-order valence-electron chi connectivity index (χ0n) is 20.3. The van der Waals surface area contributed by atoms with Crippen molar-refractivity contribution in [2.24, 2.45) is 0 Å². The van der Waals surface area contributed by atoms with Crippen molar-refractivity contribution >= 4 is 12.0 Å². The summed E-state index contributed by atoms with van der Waals surface area (Å²) in [5, 5.41) is 12.1. The minimum Gasteiger partial charge on any atom is -0.494 e. The van der Waals surface area contributed by atoms with Gasteiger partial charge in [0, 0.05) is 33.0 Å². The summed E-state index contributed by atoms with van der Waals surface area (Å²) in [7, 11) is 1.67. The first-order valence-corrected chi connectivity index (χ1v) is 11.8. The first-order valence-electron chi connectivity index (χ1n) is 11.8. The van der Waals surface area contributed by atoms with Crippen LogP contribution in [0.25, 0.3) is 0 Å². The number of hydrogen-bond acceptors (Lipinski definition) is 4. The van der Waals surface area contributed by atoms with Crippen LogP contribution >= 0.6 is 0 Å². The highest BCUT2D eigenvalue weighted by atomic mass is 19.4. The SMILES string of the molecule is CCCOC(Cc1ccc(OCCC2(Cc3ccc(C(F)(F)F)cc3)CNC(=O)N2C)cc1)C(=O)O. The largest absolute Gasteiger partial charge is 0.494 e. The van der Waals surface area contributed by atoms with E-state index < -0.39 is 29.4 Å². The Kier molecular flexibility index (Phi) is 8.84. The van der Waals surface area contributed by atoms with Gasteiger partial charge in [0.15, 0.2) is 6.10 Å². The van der Waals surface area contributed by atoms with Crippen LogP contribution in [0.2, 0.25) is 0 Å². The number of ether oxygens (including phenoxy) is 2. The quantitative estimate of drug-likeness (QED) is 0.440. The number of nitrogens with zero attached hydrogens (tertiary/aromatic N) is 1. The molecule has 2 N–H and O–H groups in total. The van der Waals surface area contributed by atoms with Gasteiger partial charge in [-0.1, -0.05) is 31.2 Å². The topological polar surface area (TPSA) is 88.1 Å². The van der Waals surface area contributed by atoms with Crippen molar-refractivity contribution in [3.8, 4) is 5.75 Å². The summed E-state index contributed by atoms with van der Waals surface area (Å²) in [4.78, 5) is 25.2. The third-order valence-electron chi connectivity index (χ3n) is 6.38. The van der Waals surface area contributed by atoms with E-state index in [1.54, 1.807) is 36.2 Å². The highest BCUT2D eigenvalue weighted by Crippen LogP contribution is 2.32. The summed E-state index contributed by atoms with van der Waals surface area (Å²) in [6.45, 7) is 2.91. The molecule has 2 atom stereocenters. The second kappa shape index (κ2) is 11.6. The van der Waals surface area contributed by atoms with E-state index in [2.05, 4.69) is 5.32 Å². The van der Waals surface area contributed by atoms with Gasteiger partial charge in [-0.05, 0) is 48.2 Å². The maximum absolute atomic E-state index is 12.9. The third kappa shape index (κ3) is 6.90. The number of carboxylic acids is 1.